The van der Waals surface area contributed by atoms with Gasteiger partial charge in [0, 0.05) is 6.04 Å². The Kier molecular flexibility index (Phi) is 23.1. The van der Waals surface area contributed by atoms with E-state index in [9.17, 15) is 54.3 Å². The van der Waals surface area contributed by atoms with Crippen molar-refractivity contribution in [3.05, 3.63) is 0 Å². The smallest absolute Gasteiger partial charge is 0.307 e. The van der Waals surface area contributed by atoms with Crippen LogP contribution < -0.4 is 5.73 Å². The molecule has 0 radical (unpaired) electrons. The number of carbonyl (C=O) groups is 6. The molecule has 0 aromatic carbocycles. The second kappa shape index (κ2) is 24.7. The highest BCUT2D eigenvalue weighted by molar-refractivity contribution is 5.83. The van der Waals surface area contributed by atoms with Gasteiger partial charge in [0.15, 0.2) is 0 Å². The van der Waals surface area contributed by atoms with Gasteiger partial charge in [0.05, 0.1) is 49.7 Å². The summed E-state index contributed by atoms with van der Waals surface area (Å²) in [5.41, 5.74) is 5.58. The molecule has 10 atom stereocenters. The van der Waals surface area contributed by atoms with Crippen molar-refractivity contribution in [2.45, 2.75) is 154 Å². The van der Waals surface area contributed by atoms with E-state index in [1.807, 2.05) is 13.8 Å². The van der Waals surface area contributed by atoms with Crippen molar-refractivity contribution in [1.29, 1.82) is 0 Å². The molecule has 0 saturated heterocycles. The van der Waals surface area contributed by atoms with E-state index in [0.717, 1.165) is 12.8 Å². The largest absolute Gasteiger partial charge is 0.481 e. The Morgan fingerprint density at radius 3 is 1.54 bits per heavy atom. The average molecular weight is 722 g/mol. The third-order valence-corrected chi connectivity index (χ3v) is 8.72. The van der Waals surface area contributed by atoms with Crippen molar-refractivity contribution in [3.8, 4) is 0 Å². The summed E-state index contributed by atoms with van der Waals surface area (Å²) < 4.78 is 11.5. The Bertz CT molecular complexity index is 1070. The quantitative estimate of drug-likeness (QED) is 0.0407. The van der Waals surface area contributed by atoms with Gasteiger partial charge in [-0.25, -0.2) is 0 Å². The van der Waals surface area contributed by atoms with Crippen LogP contribution in [0.2, 0.25) is 0 Å². The number of nitrogens with two attached hydrogens (primary N) is 1. The topological polar surface area (TPSA) is 289 Å². The molecule has 9 N–H and O–H groups in total. The number of carbonyl (C=O) groups excluding carboxylic acids is 2. The standard InChI is InChI=1S/C34H59NO15/c1-5-6-12-20(3)32(50-29(42)18-23(34(47)48)16-27(39)40)25(49-28(41)17-22(33(45)46)15-26(37)38)14-19(2)11-9-7-8-10-13-24(36)31(44)30(43)21(4)35/h19-25,30-32,36,43-44H,5-18,35H2,1-4H3,(H,37,38)(H,39,40)(H,45,46)(H,47,48)/t19-,20+,21-,22-,23-,24+,25-,30-,31?,32+/m0/s1. The lowest BCUT2D eigenvalue weighted by atomic mass is 9.87. The molecule has 290 valence electrons. The maximum Gasteiger partial charge on any atom is 0.307 e. The van der Waals surface area contributed by atoms with Crippen LogP contribution in [-0.2, 0) is 38.2 Å². The van der Waals surface area contributed by atoms with Crippen molar-refractivity contribution < 1.29 is 74.0 Å². The van der Waals surface area contributed by atoms with Crippen LogP contribution in [0.3, 0.4) is 0 Å². The number of hydrogen-bond donors (Lipinski definition) is 8. The predicted octanol–water partition coefficient (Wildman–Crippen LogP) is 2.56. The highest BCUT2D eigenvalue weighted by Crippen LogP contribution is 2.29. The fraction of sp³-hybridized carbons (Fsp3) is 0.824. The zero-order valence-electron chi connectivity index (χ0n) is 29.6. The highest BCUT2D eigenvalue weighted by Gasteiger charge is 2.37. The molecule has 16 heteroatoms. The van der Waals surface area contributed by atoms with E-state index in [0.29, 0.717) is 38.5 Å². The van der Waals surface area contributed by atoms with Gasteiger partial charge in [-0.1, -0.05) is 65.7 Å². The van der Waals surface area contributed by atoms with Crippen LogP contribution in [0, 0.1) is 23.7 Å². The van der Waals surface area contributed by atoms with Gasteiger partial charge in [-0.2, -0.15) is 0 Å². The number of aliphatic hydroxyl groups excluding tert-OH is 3. The van der Waals surface area contributed by atoms with Crippen LogP contribution >= 0.6 is 0 Å². The minimum Gasteiger partial charge on any atom is -0.481 e. The first-order chi connectivity index (χ1) is 23.3. The molecule has 50 heavy (non-hydrogen) atoms. The van der Waals surface area contributed by atoms with E-state index in [1.54, 1.807) is 6.92 Å². The zero-order valence-corrected chi connectivity index (χ0v) is 29.6. The molecule has 0 amide bonds. The maximum absolute atomic E-state index is 13.0. The summed E-state index contributed by atoms with van der Waals surface area (Å²) in [4.78, 5) is 71.6. The second-order valence-electron chi connectivity index (χ2n) is 13.5. The Morgan fingerprint density at radius 2 is 1.10 bits per heavy atom. The summed E-state index contributed by atoms with van der Waals surface area (Å²) in [6.45, 7) is 7.10. The van der Waals surface area contributed by atoms with Gasteiger partial charge < -0.3 is 51.0 Å². The lowest BCUT2D eigenvalue weighted by molar-refractivity contribution is -0.177. The molecular weight excluding hydrogens is 662 g/mol. The van der Waals surface area contributed by atoms with Gasteiger partial charge in [-0.05, 0) is 38.0 Å². The first-order valence-corrected chi connectivity index (χ1v) is 17.4. The molecule has 16 nitrogen and oxygen atoms in total. The predicted molar refractivity (Wildman–Crippen MR) is 178 cm³/mol. The molecule has 0 aliphatic rings. The van der Waals surface area contributed by atoms with E-state index in [1.165, 1.54) is 6.92 Å². The van der Waals surface area contributed by atoms with Crippen LogP contribution in [0.4, 0.5) is 0 Å². The summed E-state index contributed by atoms with van der Waals surface area (Å²) in [5, 5.41) is 67.1. The van der Waals surface area contributed by atoms with Gasteiger partial charge in [0.2, 0.25) is 0 Å². The summed E-state index contributed by atoms with van der Waals surface area (Å²) >= 11 is 0. The lowest BCUT2D eigenvalue weighted by Crippen LogP contribution is -2.46. The summed E-state index contributed by atoms with van der Waals surface area (Å²) in [6.07, 6.45) is -3.29. The van der Waals surface area contributed by atoms with Crippen molar-refractivity contribution in [2.75, 3.05) is 0 Å². The van der Waals surface area contributed by atoms with Crippen LogP contribution in [0.15, 0.2) is 0 Å². The molecule has 0 aliphatic carbocycles. The van der Waals surface area contributed by atoms with E-state index in [4.69, 9.17) is 25.4 Å². The van der Waals surface area contributed by atoms with Crippen LogP contribution in [0.1, 0.15) is 118 Å². The number of carboxylic acid groups (broad SMARTS) is 4. The third-order valence-electron chi connectivity index (χ3n) is 8.72. The number of ether oxygens (including phenoxy) is 2. The SMILES string of the molecule is CCCC[C@@H](C)[C@@H](OC(=O)C[C@H](CC(=O)O)C(=O)O)[C@H](C[C@@H](C)CCCCCC[C@@H](O)C(O)[C@@H](O)[C@H](C)N)OC(=O)C[C@H](CC(=O)O)C(=O)O. The molecule has 0 aliphatic heterocycles. The zero-order chi connectivity index (χ0) is 38.6. The number of hydrogen-bond acceptors (Lipinski definition) is 12. The van der Waals surface area contributed by atoms with Gasteiger partial charge in [0.25, 0.3) is 0 Å². The Balaban J connectivity index is 5.87. The maximum atomic E-state index is 13.0. The van der Waals surface area contributed by atoms with E-state index in [2.05, 4.69) is 0 Å². The second-order valence-corrected chi connectivity index (χ2v) is 13.5. The molecule has 0 saturated carbocycles. The van der Waals surface area contributed by atoms with Gasteiger partial charge in [-0.3, -0.25) is 28.8 Å². The number of aliphatic carboxylic acids is 4. The van der Waals surface area contributed by atoms with Crippen LogP contribution in [0.25, 0.3) is 0 Å². The number of rotatable bonds is 29. The van der Waals surface area contributed by atoms with E-state index >= 15 is 0 Å². The van der Waals surface area contributed by atoms with E-state index < -0.39 is 116 Å². The normalized spacial score (nSPS) is 17.5. The molecule has 0 spiro atoms. The average Bonchev–Trinajstić information content (AvgIpc) is 3.01. The van der Waals surface area contributed by atoms with Crippen LogP contribution in [-0.4, -0.2) is 108 Å². The molecule has 0 aromatic heterocycles. The Labute approximate surface area is 293 Å². The molecule has 0 rings (SSSR count). The number of esters is 2. The summed E-state index contributed by atoms with van der Waals surface area (Å²) in [5.74, 6) is -11.5. The minimum absolute atomic E-state index is 0.131. The Hall–Kier alpha value is -3.34. The fourth-order valence-electron chi connectivity index (χ4n) is 5.66. The van der Waals surface area contributed by atoms with Crippen molar-refractivity contribution in [3.63, 3.8) is 0 Å². The fourth-order valence-corrected chi connectivity index (χ4v) is 5.66. The summed E-state index contributed by atoms with van der Waals surface area (Å²) in [7, 11) is 0. The van der Waals surface area contributed by atoms with Crippen molar-refractivity contribution in [1.82, 2.24) is 0 Å². The molecule has 0 aromatic rings. The third kappa shape index (κ3) is 19.7. The van der Waals surface area contributed by atoms with Crippen molar-refractivity contribution >= 4 is 35.8 Å². The highest BCUT2D eigenvalue weighted by atomic mass is 16.6. The molecule has 0 fully saturated rings. The van der Waals surface area contributed by atoms with Gasteiger partial charge in [-0.15, -0.1) is 0 Å². The van der Waals surface area contributed by atoms with Crippen molar-refractivity contribution in [2.24, 2.45) is 29.4 Å². The number of carboxylic acids is 4. The monoisotopic (exact) mass is 721 g/mol. The molecule has 1 unspecified atom stereocenters. The van der Waals surface area contributed by atoms with Gasteiger partial charge in [0.1, 0.15) is 18.3 Å². The molecule has 0 bridgehead atoms. The Morgan fingerprint density at radius 1 is 0.620 bits per heavy atom. The number of unbranched alkanes of at least 4 members (excludes halogenated alkanes) is 4. The molecular formula is C34H59NO15. The lowest BCUT2D eigenvalue weighted by Gasteiger charge is -2.33. The minimum atomic E-state index is -1.56. The summed E-state index contributed by atoms with van der Waals surface area (Å²) in [6, 6.07) is -0.705. The van der Waals surface area contributed by atoms with E-state index in [-0.39, 0.29) is 18.8 Å². The van der Waals surface area contributed by atoms with Crippen LogP contribution in [0.5, 0.6) is 0 Å². The van der Waals surface area contributed by atoms with Gasteiger partial charge >= 0.3 is 35.8 Å². The first kappa shape index (κ1) is 46.7. The molecule has 0 heterocycles. The first-order valence-electron chi connectivity index (χ1n) is 17.4. The number of aliphatic hydroxyl groups is 3.